The number of rotatable bonds is 4. The lowest BCUT2D eigenvalue weighted by atomic mass is 10.1. The fourth-order valence-electron chi connectivity index (χ4n) is 1.60. The monoisotopic (exact) mass is 365 g/mol. The van der Waals surface area contributed by atoms with Gasteiger partial charge in [-0.3, -0.25) is 10.2 Å². The molecule has 7 nitrogen and oxygen atoms in total. The summed E-state index contributed by atoms with van der Waals surface area (Å²) in [4.78, 5) is 11.4. The first-order valence-corrected chi connectivity index (χ1v) is 7.79. The molecular formula is C17H23N3O4S. The molecule has 2 rings (SSSR count). The fraction of sp³-hybridized carbons (Fsp3) is 0.176. The molecule has 2 aromatic rings. The molecule has 0 aliphatic carbocycles. The molecule has 0 radical (unpaired) electrons. The van der Waals surface area contributed by atoms with Crippen molar-refractivity contribution in [2.75, 3.05) is 12.5 Å². The summed E-state index contributed by atoms with van der Waals surface area (Å²) in [7, 11) is -1.61. The van der Waals surface area contributed by atoms with Crippen molar-refractivity contribution in [3.8, 4) is 0 Å². The number of carbonyl (C=O) groups is 1. The fourth-order valence-corrected chi connectivity index (χ4v) is 1.60. The highest BCUT2D eigenvalue weighted by Crippen LogP contribution is 2.15. The first kappa shape index (κ1) is 24.4. The molecule has 0 amide bonds. The lowest BCUT2D eigenvalue weighted by Gasteiger charge is -2.04. The summed E-state index contributed by atoms with van der Waals surface area (Å²) >= 11 is 0. The SMILES string of the molecule is C.CC(=O)c1ccccc1N/N=C\c1ccccc1.CN.O=S(=O)=O. The molecule has 0 fully saturated rings. The molecule has 0 aliphatic rings. The summed E-state index contributed by atoms with van der Waals surface area (Å²) in [5.41, 5.74) is 9.76. The van der Waals surface area contributed by atoms with Crippen LogP contribution in [-0.2, 0) is 10.6 Å². The van der Waals surface area contributed by atoms with Gasteiger partial charge in [0.05, 0.1) is 11.9 Å². The van der Waals surface area contributed by atoms with Crippen molar-refractivity contribution in [1.29, 1.82) is 0 Å². The summed E-state index contributed by atoms with van der Waals surface area (Å²) in [5.74, 6) is 0.0213. The average Bonchev–Trinajstić information content (AvgIpc) is 2.57. The van der Waals surface area contributed by atoms with E-state index in [1.165, 1.54) is 7.05 Å². The zero-order chi connectivity index (χ0) is 18.4. The van der Waals surface area contributed by atoms with Crippen LogP contribution in [0.3, 0.4) is 0 Å². The third-order valence-electron chi connectivity index (χ3n) is 2.50. The molecule has 25 heavy (non-hydrogen) atoms. The number of nitrogens with two attached hydrogens (primary N) is 1. The Kier molecular flexibility index (Phi) is 14.4. The number of ketones is 1. The third kappa shape index (κ3) is 11.4. The van der Waals surface area contributed by atoms with Crippen LogP contribution in [0.1, 0.15) is 30.3 Å². The minimum Gasteiger partial charge on any atom is -0.333 e. The van der Waals surface area contributed by atoms with Crippen LogP contribution < -0.4 is 11.2 Å². The van der Waals surface area contributed by atoms with Crippen molar-refractivity contribution >= 4 is 28.3 Å². The Bertz CT molecular complexity index is 754. The van der Waals surface area contributed by atoms with E-state index in [0.717, 1.165) is 11.3 Å². The van der Waals surface area contributed by atoms with Crippen molar-refractivity contribution in [1.82, 2.24) is 0 Å². The van der Waals surface area contributed by atoms with Gasteiger partial charge in [0, 0.05) is 5.56 Å². The number of hydrogen-bond acceptors (Lipinski definition) is 7. The minimum absolute atomic E-state index is 0. The molecule has 0 heterocycles. The molecule has 0 atom stereocenters. The largest absolute Gasteiger partial charge is 0.425 e. The van der Waals surface area contributed by atoms with Gasteiger partial charge >= 0.3 is 10.6 Å². The average molecular weight is 365 g/mol. The number of carbonyl (C=O) groups excluding carboxylic acids is 1. The summed E-state index contributed by atoms with van der Waals surface area (Å²) in [6.07, 6.45) is 1.72. The van der Waals surface area contributed by atoms with Crippen LogP contribution >= 0.6 is 0 Å². The Morgan fingerprint density at radius 2 is 1.48 bits per heavy atom. The van der Waals surface area contributed by atoms with Crippen molar-refractivity contribution in [3.05, 3.63) is 65.7 Å². The summed E-state index contributed by atoms with van der Waals surface area (Å²) in [5, 5.41) is 4.13. The van der Waals surface area contributed by atoms with Gasteiger partial charge in [-0.15, -0.1) is 12.6 Å². The molecule has 0 bridgehead atoms. The lowest BCUT2D eigenvalue weighted by molar-refractivity contribution is 0.101. The summed E-state index contributed by atoms with van der Waals surface area (Å²) in [6, 6.07) is 17.1. The van der Waals surface area contributed by atoms with Crippen LogP contribution in [0.2, 0.25) is 0 Å². The van der Waals surface area contributed by atoms with Crippen molar-refractivity contribution in [3.63, 3.8) is 0 Å². The van der Waals surface area contributed by atoms with Gasteiger partial charge in [0.15, 0.2) is 5.78 Å². The highest BCUT2D eigenvalue weighted by molar-refractivity contribution is 7.59. The predicted octanol–water partition coefficient (Wildman–Crippen LogP) is 2.54. The first-order chi connectivity index (χ1) is 11.5. The molecule has 2 aromatic carbocycles. The molecule has 0 unspecified atom stereocenters. The van der Waals surface area contributed by atoms with E-state index in [4.69, 9.17) is 12.6 Å². The lowest BCUT2D eigenvalue weighted by Crippen LogP contribution is -1.99. The number of benzene rings is 2. The van der Waals surface area contributed by atoms with Crippen LogP contribution in [-0.4, -0.2) is 31.7 Å². The molecule has 0 spiro atoms. The maximum absolute atomic E-state index is 11.4. The molecular weight excluding hydrogens is 342 g/mol. The molecule has 0 aliphatic heterocycles. The quantitative estimate of drug-likeness (QED) is 0.488. The zero-order valence-electron chi connectivity index (χ0n) is 13.3. The van der Waals surface area contributed by atoms with Gasteiger partial charge in [-0.25, -0.2) is 0 Å². The van der Waals surface area contributed by atoms with E-state index in [0.29, 0.717) is 5.56 Å². The second kappa shape index (κ2) is 14.7. The number of hydrogen-bond donors (Lipinski definition) is 2. The van der Waals surface area contributed by atoms with E-state index in [2.05, 4.69) is 16.3 Å². The van der Waals surface area contributed by atoms with E-state index in [1.807, 2.05) is 48.5 Å². The van der Waals surface area contributed by atoms with Crippen LogP contribution in [0.25, 0.3) is 0 Å². The van der Waals surface area contributed by atoms with Gasteiger partial charge in [0.1, 0.15) is 0 Å². The highest BCUT2D eigenvalue weighted by atomic mass is 32.2. The maximum atomic E-state index is 11.4. The topological polar surface area (TPSA) is 119 Å². The molecule has 3 N–H and O–H groups in total. The van der Waals surface area contributed by atoms with Gasteiger partial charge in [0.25, 0.3) is 0 Å². The smallest absolute Gasteiger partial charge is 0.333 e. The number of anilines is 1. The maximum Gasteiger partial charge on any atom is 0.425 e. The third-order valence-corrected chi connectivity index (χ3v) is 2.50. The Balaban J connectivity index is 0. The minimum atomic E-state index is -3.11. The first-order valence-electron chi connectivity index (χ1n) is 6.79. The molecule has 136 valence electrons. The number of hydrazone groups is 1. The van der Waals surface area contributed by atoms with E-state index in [9.17, 15) is 4.79 Å². The summed E-state index contributed by atoms with van der Waals surface area (Å²) < 4.78 is 25.3. The van der Waals surface area contributed by atoms with Gasteiger partial charge in [-0.1, -0.05) is 49.9 Å². The van der Waals surface area contributed by atoms with E-state index in [-0.39, 0.29) is 13.2 Å². The van der Waals surface area contributed by atoms with Gasteiger partial charge < -0.3 is 5.73 Å². The van der Waals surface area contributed by atoms with Crippen molar-refractivity contribution in [2.45, 2.75) is 14.4 Å². The second-order valence-electron chi connectivity index (χ2n) is 4.09. The Morgan fingerprint density at radius 1 is 1.00 bits per heavy atom. The Hall–Kier alpha value is -2.84. The standard InChI is InChI=1S/C15H14N2O.CH5N.CH4.O3S/c1-12(18)14-9-5-6-10-15(14)17-16-11-13-7-3-2-4-8-13;1-2;;1-4(2)3/h2-11,17H,1H3;2H2,1H3;1H4;/b16-11-;;;. The van der Waals surface area contributed by atoms with Gasteiger partial charge in [-0.05, 0) is 31.7 Å². The van der Waals surface area contributed by atoms with Gasteiger partial charge in [0.2, 0.25) is 0 Å². The Labute approximate surface area is 149 Å². The number of Topliss-reactive ketones (excluding diaryl/α,β-unsaturated/α-hetero) is 1. The van der Waals surface area contributed by atoms with Crippen LogP contribution in [0.4, 0.5) is 5.69 Å². The molecule has 0 saturated heterocycles. The van der Waals surface area contributed by atoms with E-state index < -0.39 is 10.6 Å². The number of nitrogens with one attached hydrogen (secondary N) is 1. The van der Waals surface area contributed by atoms with E-state index in [1.54, 1.807) is 19.2 Å². The van der Waals surface area contributed by atoms with E-state index >= 15 is 0 Å². The second-order valence-corrected chi connectivity index (χ2v) is 4.49. The normalized spacial score (nSPS) is 8.76. The van der Waals surface area contributed by atoms with Crippen LogP contribution in [0.5, 0.6) is 0 Å². The molecule has 0 aromatic heterocycles. The summed E-state index contributed by atoms with van der Waals surface area (Å²) in [6.45, 7) is 1.54. The Morgan fingerprint density at radius 3 is 2.00 bits per heavy atom. The molecule has 0 saturated carbocycles. The van der Waals surface area contributed by atoms with Crippen molar-refractivity contribution < 1.29 is 17.4 Å². The number of para-hydroxylation sites is 1. The van der Waals surface area contributed by atoms with Crippen molar-refractivity contribution in [2.24, 2.45) is 10.8 Å². The predicted molar refractivity (Wildman–Crippen MR) is 101 cm³/mol. The number of nitrogens with zero attached hydrogens (tertiary/aromatic N) is 1. The molecule has 8 heteroatoms. The van der Waals surface area contributed by atoms with Gasteiger partial charge in [-0.2, -0.15) is 5.10 Å². The zero-order valence-corrected chi connectivity index (χ0v) is 14.2. The highest BCUT2D eigenvalue weighted by Gasteiger charge is 2.04. The van der Waals surface area contributed by atoms with Crippen LogP contribution in [0.15, 0.2) is 59.7 Å². The van der Waals surface area contributed by atoms with Crippen LogP contribution in [0, 0.1) is 0 Å².